The van der Waals surface area contributed by atoms with Gasteiger partial charge in [0.2, 0.25) is 5.91 Å². The maximum Gasteiger partial charge on any atom is 0.226 e. The van der Waals surface area contributed by atoms with E-state index in [0.29, 0.717) is 5.02 Å². The third-order valence-electron chi connectivity index (χ3n) is 2.39. The molecule has 0 bridgehead atoms. The molecule has 1 heterocycles. The highest BCUT2D eigenvalue weighted by molar-refractivity contribution is 7.13. The average Bonchev–Trinajstić information content (AvgIpc) is 2.85. The number of hydrogen-bond donors (Lipinski definition) is 1. The van der Waals surface area contributed by atoms with Gasteiger partial charge in [-0.1, -0.05) is 35.7 Å². The number of carbonyl (C=O) groups is 1. The number of halogens is 1. The van der Waals surface area contributed by atoms with Crippen LogP contribution in [0.25, 0.3) is 10.6 Å². The molecule has 0 aliphatic carbocycles. The standard InChI is InChI=1S/C14H11ClN2OS/c1-2-7-16-13(18)8-10-9-19-14(17-10)11-5-3-4-6-12(11)15/h1,3-6,9H,7-8H2,(H,16,18). The SMILES string of the molecule is C#CCNC(=O)Cc1csc(-c2ccccc2Cl)n1. The fourth-order valence-electron chi connectivity index (χ4n) is 1.52. The van der Waals surface area contributed by atoms with E-state index >= 15 is 0 Å². The number of terminal acetylenes is 1. The Balaban J connectivity index is 2.10. The van der Waals surface area contributed by atoms with Gasteiger partial charge in [0.1, 0.15) is 5.01 Å². The molecule has 1 aromatic heterocycles. The minimum Gasteiger partial charge on any atom is -0.345 e. The minimum absolute atomic E-state index is 0.131. The zero-order valence-electron chi connectivity index (χ0n) is 10.0. The van der Waals surface area contributed by atoms with Crippen molar-refractivity contribution in [2.45, 2.75) is 6.42 Å². The Bertz CT molecular complexity index is 630. The van der Waals surface area contributed by atoms with Gasteiger partial charge in [0.25, 0.3) is 0 Å². The number of aromatic nitrogens is 1. The second-order valence-electron chi connectivity index (χ2n) is 3.78. The van der Waals surface area contributed by atoms with E-state index in [-0.39, 0.29) is 18.9 Å². The van der Waals surface area contributed by atoms with Crippen molar-refractivity contribution in [2.24, 2.45) is 0 Å². The van der Waals surface area contributed by atoms with Crippen LogP contribution < -0.4 is 5.32 Å². The number of carbonyl (C=O) groups excluding carboxylic acids is 1. The molecule has 0 radical (unpaired) electrons. The second-order valence-corrected chi connectivity index (χ2v) is 5.05. The Morgan fingerprint density at radius 1 is 1.47 bits per heavy atom. The van der Waals surface area contributed by atoms with Gasteiger partial charge >= 0.3 is 0 Å². The van der Waals surface area contributed by atoms with Crippen LogP contribution in [0.1, 0.15) is 5.69 Å². The molecule has 19 heavy (non-hydrogen) atoms. The average molecular weight is 291 g/mol. The molecule has 0 saturated carbocycles. The van der Waals surface area contributed by atoms with Crippen LogP contribution in [0.15, 0.2) is 29.6 Å². The maximum atomic E-state index is 11.5. The van der Waals surface area contributed by atoms with E-state index in [9.17, 15) is 4.79 Å². The molecule has 2 aromatic rings. The van der Waals surface area contributed by atoms with E-state index in [4.69, 9.17) is 18.0 Å². The van der Waals surface area contributed by atoms with E-state index in [2.05, 4.69) is 16.2 Å². The first-order chi connectivity index (χ1) is 9.20. The van der Waals surface area contributed by atoms with Crippen LogP contribution in [0.4, 0.5) is 0 Å². The summed E-state index contributed by atoms with van der Waals surface area (Å²) in [6, 6.07) is 7.50. The van der Waals surface area contributed by atoms with Gasteiger partial charge in [0.05, 0.1) is 23.7 Å². The van der Waals surface area contributed by atoms with Crippen LogP contribution in [-0.4, -0.2) is 17.4 Å². The van der Waals surface area contributed by atoms with Crippen molar-refractivity contribution in [2.75, 3.05) is 6.54 Å². The summed E-state index contributed by atoms with van der Waals surface area (Å²) in [5, 5.41) is 5.92. The number of nitrogens with one attached hydrogen (secondary N) is 1. The summed E-state index contributed by atoms with van der Waals surface area (Å²) in [7, 11) is 0. The lowest BCUT2D eigenvalue weighted by molar-refractivity contribution is -0.120. The molecule has 5 heteroatoms. The van der Waals surface area contributed by atoms with Gasteiger partial charge in [-0.15, -0.1) is 17.8 Å². The molecule has 1 aromatic carbocycles. The van der Waals surface area contributed by atoms with Gasteiger partial charge in [0, 0.05) is 10.9 Å². The summed E-state index contributed by atoms with van der Waals surface area (Å²) >= 11 is 7.57. The summed E-state index contributed by atoms with van der Waals surface area (Å²) < 4.78 is 0. The predicted molar refractivity (Wildman–Crippen MR) is 78.1 cm³/mol. The fraction of sp³-hybridized carbons (Fsp3) is 0.143. The second kappa shape index (κ2) is 6.37. The van der Waals surface area contributed by atoms with Crippen LogP contribution in [0.2, 0.25) is 5.02 Å². The first-order valence-electron chi connectivity index (χ1n) is 5.60. The van der Waals surface area contributed by atoms with Crippen molar-refractivity contribution in [1.29, 1.82) is 0 Å². The predicted octanol–water partition coefficient (Wildman–Crippen LogP) is 2.76. The van der Waals surface area contributed by atoms with Gasteiger partial charge in [-0.25, -0.2) is 4.98 Å². The summed E-state index contributed by atoms with van der Waals surface area (Å²) in [4.78, 5) is 15.9. The van der Waals surface area contributed by atoms with Crippen molar-refractivity contribution >= 4 is 28.8 Å². The highest BCUT2D eigenvalue weighted by atomic mass is 35.5. The summed E-state index contributed by atoms with van der Waals surface area (Å²) in [6.07, 6.45) is 5.30. The minimum atomic E-state index is -0.131. The number of thiazole rings is 1. The fourth-order valence-corrected chi connectivity index (χ4v) is 2.66. The topological polar surface area (TPSA) is 42.0 Å². The van der Waals surface area contributed by atoms with Crippen molar-refractivity contribution in [3.63, 3.8) is 0 Å². The van der Waals surface area contributed by atoms with Crippen LogP contribution >= 0.6 is 22.9 Å². The Morgan fingerprint density at radius 2 is 2.26 bits per heavy atom. The number of nitrogens with zero attached hydrogens (tertiary/aromatic N) is 1. The Hall–Kier alpha value is -1.83. The molecule has 0 aliphatic rings. The van der Waals surface area contributed by atoms with Crippen molar-refractivity contribution < 1.29 is 4.79 Å². The largest absolute Gasteiger partial charge is 0.345 e. The number of amides is 1. The van der Waals surface area contributed by atoms with E-state index < -0.39 is 0 Å². The van der Waals surface area contributed by atoms with Crippen LogP contribution in [0.3, 0.4) is 0 Å². The first-order valence-corrected chi connectivity index (χ1v) is 6.86. The zero-order valence-corrected chi connectivity index (χ0v) is 11.6. The molecule has 0 saturated heterocycles. The number of rotatable bonds is 4. The normalized spacial score (nSPS) is 9.89. The molecular weight excluding hydrogens is 280 g/mol. The molecule has 96 valence electrons. The maximum absolute atomic E-state index is 11.5. The molecule has 0 fully saturated rings. The molecule has 3 nitrogen and oxygen atoms in total. The zero-order chi connectivity index (χ0) is 13.7. The van der Waals surface area contributed by atoms with Gasteiger partial charge in [-0.05, 0) is 6.07 Å². The monoisotopic (exact) mass is 290 g/mol. The lowest BCUT2D eigenvalue weighted by Gasteiger charge is -1.99. The van der Waals surface area contributed by atoms with Gasteiger partial charge in [-0.3, -0.25) is 4.79 Å². The van der Waals surface area contributed by atoms with Crippen molar-refractivity contribution in [1.82, 2.24) is 10.3 Å². The van der Waals surface area contributed by atoms with Crippen LogP contribution in [-0.2, 0) is 11.2 Å². The first kappa shape index (κ1) is 13.6. The van der Waals surface area contributed by atoms with E-state index in [1.165, 1.54) is 11.3 Å². The lowest BCUT2D eigenvalue weighted by atomic mass is 10.2. The van der Waals surface area contributed by atoms with E-state index in [0.717, 1.165) is 16.3 Å². The Kier molecular flexibility index (Phi) is 4.56. The third kappa shape index (κ3) is 3.57. The van der Waals surface area contributed by atoms with E-state index in [1.54, 1.807) is 0 Å². The molecule has 0 unspecified atom stereocenters. The Morgan fingerprint density at radius 3 is 3.00 bits per heavy atom. The molecule has 0 aliphatic heterocycles. The molecule has 1 N–H and O–H groups in total. The summed E-state index contributed by atoms with van der Waals surface area (Å²) in [5.74, 6) is 2.23. The summed E-state index contributed by atoms with van der Waals surface area (Å²) in [6.45, 7) is 0.236. The third-order valence-corrected chi connectivity index (χ3v) is 3.64. The van der Waals surface area contributed by atoms with E-state index in [1.807, 2.05) is 29.6 Å². The van der Waals surface area contributed by atoms with Crippen LogP contribution in [0, 0.1) is 12.3 Å². The van der Waals surface area contributed by atoms with Gasteiger partial charge in [0.15, 0.2) is 0 Å². The number of hydrogen-bond acceptors (Lipinski definition) is 3. The molecule has 0 spiro atoms. The molecule has 0 atom stereocenters. The molecular formula is C14H11ClN2OS. The smallest absolute Gasteiger partial charge is 0.226 e. The van der Waals surface area contributed by atoms with Gasteiger partial charge < -0.3 is 5.32 Å². The Labute approximate surface area is 120 Å². The lowest BCUT2D eigenvalue weighted by Crippen LogP contribution is -2.25. The highest BCUT2D eigenvalue weighted by Gasteiger charge is 2.10. The van der Waals surface area contributed by atoms with Crippen LogP contribution in [0.5, 0.6) is 0 Å². The molecule has 1 amide bonds. The highest BCUT2D eigenvalue weighted by Crippen LogP contribution is 2.30. The molecule has 2 rings (SSSR count). The quantitative estimate of drug-likeness (QED) is 0.880. The van der Waals surface area contributed by atoms with Gasteiger partial charge in [-0.2, -0.15) is 0 Å². The van der Waals surface area contributed by atoms with Crippen molar-refractivity contribution in [3.05, 3.63) is 40.4 Å². The van der Waals surface area contributed by atoms with Crippen molar-refractivity contribution in [3.8, 4) is 22.9 Å². The summed E-state index contributed by atoms with van der Waals surface area (Å²) in [5.41, 5.74) is 1.60. The number of benzene rings is 1.